The van der Waals surface area contributed by atoms with Crippen LogP contribution in [0.5, 0.6) is 23.0 Å². The van der Waals surface area contributed by atoms with Crippen molar-refractivity contribution in [1.29, 1.82) is 0 Å². The molecule has 1 atom stereocenters. The van der Waals surface area contributed by atoms with E-state index >= 15 is 0 Å². The largest absolute Gasteiger partial charge is 0.497 e. The summed E-state index contributed by atoms with van der Waals surface area (Å²) in [6.45, 7) is 2.52. The third-order valence-corrected chi connectivity index (χ3v) is 8.79. The molecule has 10 heteroatoms. The van der Waals surface area contributed by atoms with Gasteiger partial charge in [-0.1, -0.05) is 72.0 Å². The number of carbonyl (C=O) groups is 1. The standard InChI is InChI=1S/C37H30N2O7S/c1-3-43-36(41)32-33(25-8-5-4-6-9-25)38-37-39(34(32)26-10-7-11-28(20-26)42-2)35(40)31(47-37)19-23-12-15-27(16-13-23)44-21-24-14-17-29-30(18-24)46-22-45-29/h4-20,34H,3,21-22H2,1-2H3/b31-19-/t34-/m1/s1. The minimum absolute atomic E-state index is 0.177. The Labute approximate surface area is 274 Å². The summed E-state index contributed by atoms with van der Waals surface area (Å²) >= 11 is 1.27. The second kappa shape index (κ2) is 13.0. The van der Waals surface area contributed by atoms with Gasteiger partial charge < -0.3 is 23.7 Å². The van der Waals surface area contributed by atoms with Gasteiger partial charge in [0, 0.05) is 5.56 Å². The van der Waals surface area contributed by atoms with Crippen LogP contribution in [0.1, 0.15) is 35.2 Å². The van der Waals surface area contributed by atoms with Gasteiger partial charge in [-0.25, -0.2) is 9.79 Å². The number of esters is 1. The molecule has 0 fully saturated rings. The van der Waals surface area contributed by atoms with E-state index in [2.05, 4.69) is 0 Å². The molecule has 47 heavy (non-hydrogen) atoms. The van der Waals surface area contributed by atoms with E-state index in [4.69, 9.17) is 28.7 Å². The van der Waals surface area contributed by atoms with Gasteiger partial charge in [0.2, 0.25) is 6.79 Å². The summed E-state index contributed by atoms with van der Waals surface area (Å²) in [5.41, 5.74) is 3.71. The quantitative estimate of drug-likeness (QED) is 0.202. The average molecular weight is 647 g/mol. The fraction of sp³-hybridized carbons (Fsp3) is 0.162. The summed E-state index contributed by atoms with van der Waals surface area (Å²) in [6, 6.07) is 29.3. The van der Waals surface area contributed by atoms with E-state index in [9.17, 15) is 9.59 Å². The maximum Gasteiger partial charge on any atom is 0.338 e. The molecule has 2 aliphatic heterocycles. The van der Waals surface area contributed by atoms with E-state index in [1.54, 1.807) is 18.6 Å². The molecule has 1 aromatic heterocycles. The highest BCUT2D eigenvalue weighted by molar-refractivity contribution is 7.07. The summed E-state index contributed by atoms with van der Waals surface area (Å²) in [7, 11) is 1.58. The number of rotatable bonds is 9. The first-order valence-corrected chi connectivity index (χ1v) is 15.9. The molecule has 5 aromatic rings. The van der Waals surface area contributed by atoms with Gasteiger partial charge in [-0.3, -0.25) is 9.36 Å². The maximum absolute atomic E-state index is 14.2. The Morgan fingerprint density at radius 1 is 0.957 bits per heavy atom. The Morgan fingerprint density at radius 3 is 2.55 bits per heavy atom. The summed E-state index contributed by atoms with van der Waals surface area (Å²) in [6.07, 6.45) is 1.82. The first kappa shape index (κ1) is 30.1. The molecule has 0 saturated heterocycles. The van der Waals surface area contributed by atoms with Crippen LogP contribution in [0.15, 0.2) is 112 Å². The smallest absolute Gasteiger partial charge is 0.338 e. The number of fused-ring (bicyclic) bond motifs is 2. The molecule has 3 heterocycles. The van der Waals surface area contributed by atoms with Crippen LogP contribution in [0.25, 0.3) is 11.8 Å². The molecular formula is C37H30N2O7S. The van der Waals surface area contributed by atoms with Crippen LogP contribution in [0.3, 0.4) is 0 Å². The second-order valence-electron chi connectivity index (χ2n) is 10.8. The molecule has 2 aliphatic rings. The molecule has 9 nitrogen and oxygen atoms in total. The molecular weight excluding hydrogens is 616 g/mol. The predicted octanol–water partition coefficient (Wildman–Crippen LogP) is 5.25. The van der Waals surface area contributed by atoms with Crippen LogP contribution in [0.2, 0.25) is 0 Å². The Balaban J connectivity index is 1.27. The van der Waals surface area contributed by atoms with Crippen LogP contribution in [-0.2, 0) is 16.1 Å². The molecule has 0 radical (unpaired) electrons. The van der Waals surface area contributed by atoms with E-state index in [-0.39, 0.29) is 24.5 Å². The van der Waals surface area contributed by atoms with Crippen LogP contribution in [0, 0.1) is 0 Å². The van der Waals surface area contributed by atoms with Gasteiger partial charge in [-0.2, -0.15) is 0 Å². The fourth-order valence-corrected chi connectivity index (χ4v) is 6.58. The number of aromatic nitrogens is 1. The molecule has 0 spiro atoms. The number of hydrogen-bond acceptors (Lipinski definition) is 9. The predicted molar refractivity (Wildman–Crippen MR) is 177 cm³/mol. The number of ether oxygens (including phenoxy) is 5. The van der Waals surface area contributed by atoms with E-state index in [0.29, 0.717) is 44.4 Å². The average Bonchev–Trinajstić information content (AvgIpc) is 3.71. The van der Waals surface area contributed by atoms with Gasteiger partial charge in [0.25, 0.3) is 5.56 Å². The SMILES string of the molecule is CCOC(=O)C1=C(c2ccccc2)N=c2s/c(=C\c3ccc(OCc4ccc5c(c4)OCO5)cc3)c(=O)n2[C@@H]1c1cccc(OC)c1. The first-order chi connectivity index (χ1) is 23.0. The molecule has 0 bridgehead atoms. The van der Waals surface area contributed by atoms with Crippen molar-refractivity contribution in [2.75, 3.05) is 20.5 Å². The van der Waals surface area contributed by atoms with Crippen molar-refractivity contribution in [2.24, 2.45) is 4.99 Å². The van der Waals surface area contributed by atoms with Crippen molar-refractivity contribution in [2.45, 2.75) is 19.6 Å². The van der Waals surface area contributed by atoms with Gasteiger partial charge >= 0.3 is 5.97 Å². The number of benzene rings is 4. The van der Waals surface area contributed by atoms with E-state index < -0.39 is 12.0 Å². The highest BCUT2D eigenvalue weighted by atomic mass is 32.1. The molecule has 0 saturated carbocycles. The van der Waals surface area contributed by atoms with E-state index in [1.165, 1.54) is 11.3 Å². The zero-order valence-corrected chi connectivity index (χ0v) is 26.5. The van der Waals surface area contributed by atoms with Gasteiger partial charge in [0.05, 0.1) is 35.6 Å². The molecule has 0 amide bonds. The lowest BCUT2D eigenvalue weighted by Crippen LogP contribution is -2.40. The van der Waals surface area contributed by atoms with E-state index in [1.807, 2.05) is 103 Å². The molecule has 236 valence electrons. The molecule has 7 rings (SSSR count). The normalized spacial score (nSPS) is 15.2. The third kappa shape index (κ3) is 6.03. The van der Waals surface area contributed by atoms with Crippen molar-refractivity contribution in [3.63, 3.8) is 0 Å². The highest BCUT2D eigenvalue weighted by Crippen LogP contribution is 2.36. The van der Waals surface area contributed by atoms with Gasteiger partial charge in [0.15, 0.2) is 16.3 Å². The Morgan fingerprint density at radius 2 is 1.77 bits per heavy atom. The van der Waals surface area contributed by atoms with Gasteiger partial charge in [-0.15, -0.1) is 0 Å². The summed E-state index contributed by atoms with van der Waals surface area (Å²) < 4.78 is 29.9. The van der Waals surface area contributed by atoms with Crippen molar-refractivity contribution >= 4 is 29.1 Å². The van der Waals surface area contributed by atoms with Crippen molar-refractivity contribution in [3.05, 3.63) is 145 Å². The molecule has 0 aliphatic carbocycles. The van der Waals surface area contributed by atoms with E-state index in [0.717, 1.165) is 22.4 Å². The summed E-state index contributed by atoms with van der Waals surface area (Å²) in [5, 5.41) is 0. The Bertz CT molecular complexity index is 2170. The number of nitrogens with zero attached hydrogens (tertiary/aromatic N) is 2. The number of hydrogen-bond donors (Lipinski definition) is 0. The lowest BCUT2D eigenvalue weighted by molar-refractivity contribution is -0.138. The summed E-state index contributed by atoms with van der Waals surface area (Å²) in [4.78, 5) is 33.2. The zero-order chi connectivity index (χ0) is 32.3. The number of methoxy groups -OCH3 is 1. The molecule has 0 N–H and O–H groups in total. The summed E-state index contributed by atoms with van der Waals surface area (Å²) in [5.74, 6) is 2.19. The minimum atomic E-state index is -0.787. The van der Waals surface area contributed by atoms with Gasteiger partial charge in [0.1, 0.15) is 18.1 Å². The van der Waals surface area contributed by atoms with Crippen molar-refractivity contribution in [3.8, 4) is 23.0 Å². The number of thiazole rings is 1. The lowest BCUT2D eigenvalue weighted by atomic mass is 9.93. The van der Waals surface area contributed by atoms with Crippen molar-refractivity contribution in [1.82, 2.24) is 4.57 Å². The zero-order valence-electron chi connectivity index (χ0n) is 25.7. The second-order valence-corrected chi connectivity index (χ2v) is 11.8. The van der Waals surface area contributed by atoms with Crippen LogP contribution >= 0.6 is 11.3 Å². The Kier molecular flexibility index (Phi) is 8.33. The fourth-order valence-electron chi connectivity index (χ4n) is 5.58. The lowest BCUT2D eigenvalue weighted by Gasteiger charge is -2.26. The topological polar surface area (TPSA) is 97.6 Å². The van der Waals surface area contributed by atoms with Gasteiger partial charge in [-0.05, 0) is 66.1 Å². The molecule has 0 unspecified atom stereocenters. The monoisotopic (exact) mass is 646 g/mol. The third-order valence-electron chi connectivity index (χ3n) is 7.80. The van der Waals surface area contributed by atoms with Crippen LogP contribution < -0.4 is 33.8 Å². The Hall–Kier alpha value is -5.61. The molecule has 4 aromatic carbocycles. The van der Waals surface area contributed by atoms with Crippen molar-refractivity contribution < 1.29 is 28.5 Å². The highest BCUT2D eigenvalue weighted by Gasteiger charge is 2.35. The first-order valence-electron chi connectivity index (χ1n) is 15.1. The minimum Gasteiger partial charge on any atom is -0.497 e. The number of carbonyl (C=O) groups excluding carboxylic acids is 1. The van der Waals surface area contributed by atoms with Crippen LogP contribution in [-0.4, -0.2) is 31.0 Å². The maximum atomic E-state index is 14.2. The van der Waals surface area contributed by atoms with Crippen LogP contribution in [0.4, 0.5) is 0 Å².